The van der Waals surface area contributed by atoms with Gasteiger partial charge >= 0.3 is 0 Å². The maximum absolute atomic E-state index is 13.4. The molecule has 0 spiro atoms. The van der Waals surface area contributed by atoms with E-state index in [2.05, 4.69) is 13.8 Å². The molecule has 1 N–H and O–H groups in total. The van der Waals surface area contributed by atoms with Crippen molar-refractivity contribution in [2.75, 3.05) is 11.5 Å². The molecule has 0 radical (unpaired) electrons. The highest BCUT2D eigenvalue weighted by molar-refractivity contribution is 6.51. The van der Waals surface area contributed by atoms with Crippen molar-refractivity contribution < 1.29 is 19.4 Å². The Hall–Kier alpha value is -3.86. The van der Waals surface area contributed by atoms with E-state index in [1.165, 1.54) is 11.3 Å². The lowest BCUT2D eigenvalue weighted by Crippen LogP contribution is -2.29. The number of unbranched alkanes of at least 4 members (excludes halogenated alkanes) is 3. The van der Waals surface area contributed by atoms with Crippen molar-refractivity contribution in [1.82, 2.24) is 0 Å². The van der Waals surface area contributed by atoms with Gasteiger partial charge in [-0.3, -0.25) is 14.5 Å². The van der Waals surface area contributed by atoms with E-state index in [9.17, 15) is 14.7 Å². The normalized spacial score (nSPS) is 16.9. The number of ketones is 1. The fourth-order valence-electron chi connectivity index (χ4n) is 4.54. The van der Waals surface area contributed by atoms with Crippen molar-refractivity contribution >= 4 is 23.1 Å². The van der Waals surface area contributed by atoms with Crippen LogP contribution in [-0.2, 0) is 16.0 Å². The average Bonchev–Trinajstić information content (AvgIpc) is 3.19. The smallest absolute Gasteiger partial charge is 0.300 e. The summed E-state index contributed by atoms with van der Waals surface area (Å²) in [5, 5.41) is 11.2. The molecule has 1 unspecified atom stereocenters. The van der Waals surface area contributed by atoms with E-state index >= 15 is 0 Å². The standard InChI is InChI=1S/C31H33NO4/c1-3-5-6-10-20-36-26-15-11-14-25(21-26)32-28(23-18-16-22(4-2)17-19-23)27(30(34)31(32)35)29(33)24-12-8-7-9-13-24/h7-9,11-19,21,28,33H,3-6,10,20H2,1-2H3/b29-27+. The number of hydrogen-bond donors (Lipinski definition) is 1. The first-order valence-corrected chi connectivity index (χ1v) is 12.7. The van der Waals surface area contributed by atoms with Crippen molar-refractivity contribution in [3.05, 3.63) is 101 Å². The zero-order chi connectivity index (χ0) is 25.5. The first kappa shape index (κ1) is 25.2. The molecule has 1 atom stereocenters. The van der Waals surface area contributed by atoms with Gasteiger partial charge in [0.1, 0.15) is 11.5 Å². The molecule has 4 rings (SSSR count). The Morgan fingerprint density at radius 3 is 2.33 bits per heavy atom. The Morgan fingerprint density at radius 2 is 1.64 bits per heavy atom. The molecule has 1 heterocycles. The first-order chi connectivity index (χ1) is 17.5. The van der Waals surface area contributed by atoms with Crippen LogP contribution in [0.25, 0.3) is 5.76 Å². The maximum Gasteiger partial charge on any atom is 0.300 e. The number of hydrogen-bond acceptors (Lipinski definition) is 4. The molecule has 1 saturated heterocycles. The van der Waals surface area contributed by atoms with Gasteiger partial charge < -0.3 is 9.84 Å². The van der Waals surface area contributed by atoms with Gasteiger partial charge in [0.15, 0.2) is 0 Å². The summed E-state index contributed by atoms with van der Waals surface area (Å²) in [6.45, 7) is 4.84. The number of aliphatic hydroxyl groups is 1. The number of anilines is 1. The lowest BCUT2D eigenvalue weighted by molar-refractivity contribution is -0.132. The van der Waals surface area contributed by atoms with Gasteiger partial charge in [0.05, 0.1) is 18.2 Å². The van der Waals surface area contributed by atoms with Crippen molar-refractivity contribution in [1.29, 1.82) is 0 Å². The number of benzene rings is 3. The topological polar surface area (TPSA) is 66.8 Å². The van der Waals surface area contributed by atoms with Gasteiger partial charge in [0, 0.05) is 17.3 Å². The second-order valence-electron chi connectivity index (χ2n) is 9.04. The van der Waals surface area contributed by atoms with Gasteiger partial charge in [0.25, 0.3) is 11.7 Å². The molecule has 186 valence electrons. The number of carbonyl (C=O) groups is 2. The molecule has 1 fully saturated rings. The molecule has 5 nitrogen and oxygen atoms in total. The minimum atomic E-state index is -0.754. The second kappa shape index (κ2) is 11.7. The van der Waals surface area contributed by atoms with Crippen LogP contribution in [0.4, 0.5) is 5.69 Å². The SMILES string of the molecule is CCCCCCOc1cccc(N2C(=O)C(=O)/C(=C(/O)c3ccccc3)C2c2ccc(CC)cc2)c1. The lowest BCUT2D eigenvalue weighted by Gasteiger charge is -2.26. The van der Waals surface area contributed by atoms with Crippen LogP contribution in [0.5, 0.6) is 5.75 Å². The summed E-state index contributed by atoms with van der Waals surface area (Å²) in [4.78, 5) is 28.2. The number of Topliss-reactive ketones (excluding diaryl/α,β-unsaturated/α-hetero) is 1. The predicted molar refractivity (Wildman–Crippen MR) is 143 cm³/mol. The number of aliphatic hydroxyl groups excluding tert-OH is 1. The molecular weight excluding hydrogens is 450 g/mol. The summed E-state index contributed by atoms with van der Waals surface area (Å²) in [5.74, 6) is -0.901. The molecule has 0 saturated carbocycles. The Balaban J connectivity index is 1.75. The largest absolute Gasteiger partial charge is 0.507 e. The molecule has 1 aliphatic rings. The Bertz CT molecular complexity index is 1230. The van der Waals surface area contributed by atoms with Crippen LogP contribution in [-0.4, -0.2) is 23.4 Å². The number of rotatable bonds is 10. The Kier molecular flexibility index (Phi) is 8.21. The third kappa shape index (κ3) is 5.35. The van der Waals surface area contributed by atoms with Crippen molar-refractivity contribution in [3.63, 3.8) is 0 Å². The van der Waals surface area contributed by atoms with Crippen LogP contribution < -0.4 is 9.64 Å². The number of nitrogens with zero attached hydrogens (tertiary/aromatic N) is 1. The average molecular weight is 484 g/mol. The predicted octanol–water partition coefficient (Wildman–Crippen LogP) is 6.83. The summed E-state index contributed by atoms with van der Waals surface area (Å²) in [6.07, 6.45) is 5.28. The molecule has 0 aromatic heterocycles. The highest BCUT2D eigenvalue weighted by Gasteiger charge is 2.47. The van der Waals surface area contributed by atoms with Crippen LogP contribution in [0.2, 0.25) is 0 Å². The Morgan fingerprint density at radius 1 is 0.889 bits per heavy atom. The van der Waals surface area contributed by atoms with Crippen LogP contribution in [0.1, 0.15) is 62.3 Å². The van der Waals surface area contributed by atoms with E-state index in [0.717, 1.165) is 36.8 Å². The molecule has 3 aromatic carbocycles. The number of carbonyl (C=O) groups excluding carboxylic acids is 2. The van der Waals surface area contributed by atoms with E-state index in [4.69, 9.17) is 4.74 Å². The van der Waals surface area contributed by atoms with Crippen LogP contribution in [0.3, 0.4) is 0 Å². The van der Waals surface area contributed by atoms with Gasteiger partial charge in [-0.2, -0.15) is 0 Å². The molecule has 36 heavy (non-hydrogen) atoms. The fraction of sp³-hybridized carbons (Fsp3) is 0.290. The van der Waals surface area contributed by atoms with Gasteiger partial charge in [-0.25, -0.2) is 0 Å². The van der Waals surface area contributed by atoms with Crippen LogP contribution >= 0.6 is 0 Å². The summed E-state index contributed by atoms with van der Waals surface area (Å²) < 4.78 is 5.95. The zero-order valence-corrected chi connectivity index (χ0v) is 20.9. The van der Waals surface area contributed by atoms with E-state index in [0.29, 0.717) is 23.6 Å². The highest BCUT2D eigenvalue weighted by Crippen LogP contribution is 2.42. The summed E-state index contributed by atoms with van der Waals surface area (Å²) in [6, 6.07) is 23.2. The first-order valence-electron chi connectivity index (χ1n) is 12.7. The van der Waals surface area contributed by atoms with E-state index in [-0.39, 0.29) is 11.3 Å². The van der Waals surface area contributed by atoms with Gasteiger partial charge in [-0.05, 0) is 36.1 Å². The van der Waals surface area contributed by atoms with Crippen molar-refractivity contribution in [2.24, 2.45) is 0 Å². The maximum atomic E-state index is 13.4. The highest BCUT2D eigenvalue weighted by atomic mass is 16.5. The van der Waals surface area contributed by atoms with Crippen LogP contribution in [0.15, 0.2) is 84.4 Å². The molecular formula is C31H33NO4. The number of aryl methyl sites for hydroxylation is 1. The monoisotopic (exact) mass is 483 g/mol. The molecule has 1 aliphatic heterocycles. The van der Waals surface area contributed by atoms with Gasteiger partial charge in [-0.15, -0.1) is 0 Å². The van der Waals surface area contributed by atoms with Gasteiger partial charge in [0.2, 0.25) is 0 Å². The van der Waals surface area contributed by atoms with Gasteiger partial charge in [-0.1, -0.05) is 93.8 Å². The van der Waals surface area contributed by atoms with Crippen molar-refractivity contribution in [3.8, 4) is 5.75 Å². The quantitative estimate of drug-likeness (QED) is 0.148. The molecule has 5 heteroatoms. The molecule has 0 aliphatic carbocycles. The minimum Gasteiger partial charge on any atom is -0.507 e. The lowest BCUT2D eigenvalue weighted by atomic mass is 9.94. The van der Waals surface area contributed by atoms with E-state index in [1.807, 2.05) is 42.5 Å². The third-order valence-electron chi connectivity index (χ3n) is 6.56. The van der Waals surface area contributed by atoms with Crippen molar-refractivity contribution in [2.45, 2.75) is 52.0 Å². The molecule has 0 bridgehead atoms. The summed E-state index contributed by atoms with van der Waals surface area (Å²) >= 11 is 0. The number of ether oxygens (including phenoxy) is 1. The summed E-state index contributed by atoms with van der Waals surface area (Å²) in [7, 11) is 0. The minimum absolute atomic E-state index is 0.0846. The number of amides is 1. The molecule has 1 amide bonds. The third-order valence-corrected chi connectivity index (χ3v) is 6.56. The second-order valence-corrected chi connectivity index (χ2v) is 9.04. The van der Waals surface area contributed by atoms with Crippen LogP contribution in [0, 0.1) is 0 Å². The summed E-state index contributed by atoms with van der Waals surface area (Å²) in [5.41, 5.74) is 3.04. The zero-order valence-electron chi connectivity index (χ0n) is 20.9. The van der Waals surface area contributed by atoms with E-state index in [1.54, 1.807) is 36.4 Å². The fourth-order valence-corrected chi connectivity index (χ4v) is 4.54. The Labute approximate surface area is 213 Å². The molecule has 3 aromatic rings. The van der Waals surface area contributed by atoms with E-state index < -0.39 is 17.7 Å².